The molecule has 0 saturated carbocycles. The zero-order valence-corrected chi connectivity index (χ0v) is 11.1. The van der Waals surface area contributed by atoms with Crippen LogP contribution in [0.4, 0.5) is 0 Å². The molecule has 0 aliphatic carbocycles. The van der Waals surface area contributed by atoms with Gasteiger partial charge in [-0.25, -0.2) is 4.79 Å². The number of carbonyl (C=O) groups is 2. The molecule has 0 radical (unpaired) electrons. The molecule has 0 saturated heterocycles. The molecule has 5 nitrogen and oxygen atoms in total. The van der Waals surface area contributed by atoms with Crippen molar-refractivity contribution in [2.75, 3.05) is 7.11 Å². The van der Waals surface area contributed by atoms with Gasteiger partial charge in [-0.3, -0.25) is 4.79 Å². The Morgan fingerprint density at radius 1 is 1.32 bits per heavy atom. The van der Waals surface area contributed by atoms with Gasteiger partial charge in [0.05, 0.1) is 7.11 Å². The third-order valence-electron chi connectivity index (χ3n) is 3.15. The van der Waals surface area contributed by atoms with Crippen molar-refractivity contribution >= 4 is 22.8 Å². The maximum Gasteiger partial charge on any atom is 0.336 e. The van der Waals surface area contributed by atoms with Gasteiger partial charge in [0.15, 0.2) is 5.54 Å². The molecular formula is C14H16N2O3. The number of methoxy groups -OCH3 is 1. The number of benzene rings is 1. The highest BCUT2D eigenvalue weighted by molar-refractivity contribution is 5.94. The van der Waals surface area contributed by atoms with Gasteiger partial charge in [0.1, 0.15) is 0 Å². The van der Waals surface area contributed by atoms with E-state index in [0.717, 1.165) is 10.9 Å². The van der Waals surface area contributed by atoms with Crippen molar-refractivity contribution in [3.8, 4) is 0 Å². The molecule has 0 fully saturated rings. The lowest BCUT2D eigenvalue weighted by Gasteiger charge is -2.27. The fraction of sp³-hybridized carbons (Fsp3) is 0.286. The second kappa shape index (κ2) is 4.76. The fourth-order valence-corrected chi connectivity index (χ4v) is 2.27. The molecule has 2 rings (SSSR count). The average Bonchev–Trinajstić information content (AvgIpc) is 2.81. The predicted molar refractivity (Wildman–Crippen MR) is 71.5 cm³/mol. The van der Waals surface area contributed by atoms with Gasteiger partial charge in [-0.1, -0.05) is 18.2 Å². The van der Waals surface area contributed by atoms with Crippen LogP contribution in [-0.2, 0) is 19.9 Å². The number of esters is 1. The number of hydrogen-bond acceptors (Lipinski definition) is 3. The second-order valence-electron chi connectivity index (χ2n) is 4.55. The third kappa shape index (κ3) is 2.19. The van der Waals surface area contributed by atoms with E-state index in [1.54, 1.807) is 13.1 Å². The van der Waals surface area contributed by atoms with Gasteiger partial charge in [0.2, 0.25) is 5.91 Å². The van der Waals surface area contributed by atoms with Crippen LogP contribution in [0.3, 0.4) is 0 Å². The summed E-state index contributed by atoms with van der Waals surface area (Å²) in [4.78, 5) is 26.5. The summed E-state index contributed by atoms with van der Waals surface area (Å²) in [5.41, 5.74) is 0.378. The van der Waals surface area contributed by atoms with Crippen molar-refractivity contribution in [1.29, 1.82) is 0 Å². The van der Waals surface area contributed by atoms with Gasteiger partial charge in [-0.2, -0.15) is 0 Å². The summed E-state index contributed by atoms with van der Waals surface area (Å²) in [5, 5.41) is 3.55. The summed E-state index contributed by atoms with van der Waals surface area (Å²) in [7, 11) is 1.30. The highest BCUT2D eigenvalue weighted by Crippen LogP contribution is 2.29. The number of aromatic nitrogens is 1. The van der Waals surface area contributed by atoms with E-state index in [-0.39, 0.29) is 5.91 Å². The number of fused-ring (bicyclic) bond motifs is 1. The van der Waals surface area contributed by atoms with Crippen LogP contribution >= 0.6 is 0 Å². The summed E-state index contributed by atoms with van der Waals surface area (Å²) >= 11 is 0. The molecule has 19 heavy (non-hydrogen) atoms. The largest absolute Gasteiger partial charge is 0.467 e. The highest BCUT2D eigenvalue weighted by Gasteiger charge is 2.39. The lowest BCUT2D eigenvalue weighted by atomic mass is 9.91. The minimum Gasteiger partial charge on any atom is -0.467 e. The SMILES string of the molecule is COC(=O)C(C)(NC(C)=O)c1c[nH]c2ccccc12. The molecular weight excluding hydrogens is 244 g/mol. The molecule has 1 unspecified atom stereocenters. The number of carbonyl (C=O) groups excluding carboxylic acids is 2. The summed E-state index contributed by atoms with van der Waals surface area (Å²) < 4.78 is 4.82. The summed E-state index contributed by atoms with van der Waals surface area (Å²) in [5.74, 6) is -0.800. The first-order valence-corrected chi connectivity index (χ1v) is 5.93. The Hall–Kier alpha value is -2.30. The van der Waals surface area contributed by atoms with E-state index < -0.39 is 11.5 Å². The van der Waals surface area contributed by atoms with E-state index in [0.29, 0.717) is 5.56 Å². The monoisotopic (exact) mass is 260 g/mol. The van der Waals surface area contributed by atoms with Gasteiger partial charge in [-0.15, -0.1) is 0 Å². The predicted octanol–water partition coefficient (Wildman–Crippen LogP) is 1.69. The van der Waals surface area contributed by atoms with Gasteiger partial charge in [0.25, 0.3) is 0 Å². The number of aromatic amines is 1. The van der Waals surface area contributed by atoms with Crippen LogP contribution in [0, 0.1) is 0 Å². The van der Waals surface area contributed by atoms with Gasteiger partial charge in [-0.05, 0) is 13.0 Å². The van der Waals surface area contributed by atoms with Crippen molar-refractivity contribution in [2.45, 2.75) is 19.4 Å². The highest BCUT2D eigenvalue weighted by atomic mass is 16.5. The minimum atomic E-state index is -1.21. The molecule has 2 N–H and O–H groups in total. The number of nitrogens with one attached hydrogen (secondary N) is 2. The number of ether oxygens (including phenoxy) is 1. The Morgan fingerprint density at radius 3 is 2.63 bits per heavy atom. The number of rotatable bonds is 3. The third-order valence-corrected chi connectivity index (χ3v) is 3.15. The fourth-order valence-electron chi connectivity index (χ4n) is 2.27. The molecule has 1 aromatic heterocycles. The molecule has 0 spiro atoms. The molecule has 1 heterocycles. The van der Waals surface area contributed by atoms with Crippen molar-refractivity contribution in [1.82, 2.24) is 10.3 Å². The maximum atomic E-state index is 12.1. The van der Waals surface area contributed by atoms with E-state index in [2.05, 4.69) is 10.3 Å². The van der Waals surface area contributed by atoms with E-state index in [1.807, 2.05) is 24.3 Å². The molecule has 2 aromatic rings. The first kappa shape index (κ1) is 13.1. The Balaban J connectivity index is 2.61. The molecule has 0 aliphatic rings. The zero-order chi connectivity index (χ0) is 14.0. The maximum absolute atomic E-state index is 12.1. The average molecular weight is 260 g/mol. The first-order valence-electron chi connectivity index (χ1n) is 5.93. The first-order chi connectivity index (χ1) is 8.99. The Bertz CT molecular complexity index is 632. The standard InChI is InChI=1S/C14H16N2O3/c1-9(17)16-14(2,13(18)19-3)11-8-15-12-7-5-4-6-10(11)12/h4-8,15H,1-3H3,(H,16,17). The molecule has 1 amide bonds. The van der Waals surface area contributed by atoms with Crippen molar-refractivity contribution in [2.24, 2.45) is 0 Å². The molecule has 100 valence electrons. The lowest BCUT2D eigenvalue weighted by Crippen LogP contribution is -2.49. The normalized spacial score (nSPS) is 13.8. The lowest BCUT2D eigenvalue weighted by molar-refractivity contribution is -0.150. The van der Waals surface area contributed by atoms with E-state index >= 15 is 0 Å². The molecule has 1 atom stereocenters. The summed E-state index contributed by atoms with van der Waals surface area (Å²) in [6.45, 7) is 3.01. The number of hydrogen-bond donors (Lipinski definition) is 2. The van der Waals surface area contributed by atoms with Crippen LogP contribution in [0.5, 0.6) is 0 Å². The molecule has 0 bridgehead atoms. The molecule has 1 aromatic carbocycles. The van der Waals surface area contributed by atoms with Crippen molar-refractivity contribution in [3.63, 3.8) is 0 Å². The minimum absolute atomic E-state index is 0.293. The zero-order valence-electron chi connectivity index (χ0n) is 11.1. The van der Waals surface area contributed by atoms with Crippen molar-refractivity contribution in [3.05, 3.63) is 36.0 Å². The van der Waals surface area contributed by atoms with Crippen LogP contribution < -0.4 is 5.32 Å². The topological polar surface area (TPSA) is 71.2 Å². The van der Waals surface area contributed by atoms with Crippen LogP contribution in [0.1, 0.15) is 19.4 Å². The van der Waals surface area contributed by atoms with Gasteiger partial charge < -0.3 is 15.0 Å². The quantitative estimate of drug-likeness (QED) is 0.825. The summed E-state index contributed by atoms with van der Waals surface area (Å²) in [6.07, 6.45) is 1.72. The van der Waals surface area contributed by atoms with E-state index in [1.165, 1.54) is 14.0 Å². The van der Waals surface area contributed by atoms with Crippen LogP contribution in [0.2, 0.25) is 0 Å². The Morgan fingerprint density at radius 2 is 2.00 bits per heavy atom. The molecule has 5 heteroatoms. The van der Waals surface area contributed by atoms with Crippen LogP contribution in [-0.4, -0.2) is 24.0 Å². The van der Waals surface area contributed by atoms with Gasteiger partial charge >= 0.3 is 5.97 Å². The summed E-state index contributed by atoms with van der Waals surface area (Å²) in [6, 6.07) is 7.58. The van der Waals surface area contributed by atoms with E-state index in [4.69, 9.17) is 4.74 Å². The number of para-hydroxylation sites is 1. The smallest absolute Gasteiger partial charge is 0.336 e. The second-order valence-corrected chi connectivity index (χ2v) is 4.55. The van der Waals surface area contributed by atoms with Crippen LogP contribution in [0.15, 0.2) is 30.5 Å². The van der Waals surface area contributed by atoms with Crippen molar-refractivity contribution < 1.29 is 14.3 Å². The number of H-pyrrole nitrogens is 1. The Kier molecular flexibility index (Phi) is 3.29. The van der Waals surface area contributed by atoms with Crippen LogP contribution in [0.25, 0.3) is 10.9 Å². The number of amides is 1. The van der Waals surface area contributed by atoms with E-state index in [9.17, 15) is 9.59 Å². The van der Waals surface area contributed by atoms with Gasteiger partial charge in [0, 0.05) is 29.6 Å². The Labute approximate surface area is 110 Å². The molecule has 0 aliphatic heterocycles.